The van der Waals surface area contributed by atoms with Gasteiger partial charge in [-0.1, -0.05) is 0 Å². The van der Waals surface area contributed by atoms with Gasteiger partial charge in [0.1, 0.15) is 0 Å². The van der Waals surface area contributed by atoms with Crippen LogP contribution >= 0.6 is 0 Å². The minimum atomic E-state index is -0.865. The number of aliphatic carboxylic acids is 1. The minimum Gasteiger partial charge on any atom is -0.481 e. The van der Waals surface area contributed by atoms with Gasteiger partial charge in [-0.15, -0.1) is 0 Å². The molecule has 0 aromatic rings. The number of hydrogen-bond donors (Lipinski definition) is 2. The highest BCUT2D eigenvalue weighted by atomic mass is 16.4. The van der Waals surface area contributed by atoms with Gasteiger partial charge in [-0.25, -0.2) is 0 Å². The predicted octanol–water partition coefficient (Wildman–Crippen LogP) is -0.692. The third kappa shape index (κ3) is 3.93. The molecule has 9 heavy (non-hydrogen) atoms. The standard InChI is InChI=1S/C5H12N2O2/c1-7(2)4(6)3-5(8)9/h4H,3,6H2,1-2H3,(H,8,9). The zero-order chi connectivity index (χ0) is 7.44. The molecule has 3 N–H and O–H groups in total. The van der Waals surface area contributed by atoms with E-state index in [1.807, 2.05) is 0 Å². The normalized spacial score (nSPS) is 13.8. The fraction of sp³-hybridized carbons (Fsp3) is 0.800. The van der Waals surface area contributed by atoms with Crippen LogP contribution in [0.2, 0.25) is 0 Å². The summed E-state index contributed by atoms with van der Waals surface area (Å²) in [4.78, 5) is 11.7. The Balaban J connectivity index is 3.50. The number of hydrogen-bond acceptors (Lipinski definition) is 3. The van der Waals surface area contributed by atoms with Crippen LogP contribution in [0, 0.1) is 0 Å². The molecule has 0 heterocycles. The quantitative estimate of drug-likeness (QED) is 0.499. The average molecular weight is 132 g/mol. The highest BCUT2D eigenvalue weighted by Crippen LogP contribution is 1.89. The first-order valence-corrected chi connectivity index (χ1v) is 2.68. The highest BCUT2D eigenvalue weighted by molar-refractivity contribution is 5.67. The van der Waals surface area contributed by atoms with Crippen molar-refractivity contribution in [1.29, 1.82) is 0 Å². The van der Waals surface area contributed by atoms with E-state index in [9.17, 15) is 4.79 Å². The van der Waals surface area contributed by atoms with Gasteiger partial charge < -0.3 is 10.8 Å². The van der Waals surface area contributed by atoms with E-state index in [1.54, 1.807) is 19.0 Å². The molecule has 0 bridgehead atoms. The van der Waals surface area contributed by atoms with Crippen molar-refractivity contribution in [3.8, 4) is 0 Å². The summed E-state index contributed by atoms with van der Waals surface area (Å²) in [6, 6.07) is 0. The first-order chi connectivity index (χ1) is 4.04. The third-order valence-corrected chi connectivity index (χ3v) is 1.05. The van der Waals surface area contributed by atoms with Crippen LogP contribution in [-0.2, 0) is 4.79 Å². The Kier molecular flexibility index (Phi) is 3.19. The van der Waals surface area contributed by atoms with E-state index in [4.69, 9.17) is 10.8 Å². The van der Waals surface area contributed by atoms with Crippen LogP contribution < -0.4 is 5.73 Å². The zero-order valence-electron chi connectivity index (χ0n) is 5.66. The van der Waals surface area contributed by atoms with Crippen molar-refractivity contribution in [3.63, 3.8) is 0 Å². The molecule has 0 aliphatic rings. The van der Waals surface area contributed by atoms with Gasteiger partial charge in [-0.2, -0.15) is 0 Å². The fourth-order valence-electron chi connectivity index (χ4n) is 0.361. The monoisotopic (exact) mass is 132 g/mol. The molecular formula is C5H12N2O2. The second kappa shape index (κ2) is 3.42. The Morgan fingerprint density at radius 2 is 2.22 bits per heavy atom. The van der Waals surface area contributed by atoms with E-state index in [0.717, 1.165) is 0 Å². The summed E-state index contributed by atoms with van der Waals surface area (Å²) >= 11 is 0. The molecular weight excluding hydrogens is 120 g/mol. The van der Waals surface area contributed by atoms with E-state index in [2.05, 4.69) is 0 Å². The summed E-state index contributed by atoms with van der Waals surface area (Å²) < 4.78 is 0. The Bertz CT molecular complexity index is 103. The van der Waals surface area contributed by atoms with Crippen molar-refractivity contribution >= 4 is 5.97 Å². The number of carboxylic acid groups (broad SMARTS) is 1. The van der Waals surface area contributed by atoms with E-state index < -0.39 is 5.97 Å². The van der Waals surface area contributed by atoms with E-state index in [0.29, 0.717) is 0 Å². The number of nitrogens with zero attached hydrogens (tertiary/aromatic N) is 1. The molecule has 0 aliphatic heterocycles. The first kappa shape index (κ1) is 8.39. The maximum absolute atomic E-state index is 10.0. The zero-order valence-corrected chi connectivity index (χ0v) is 5.66. The first-order valence-electron chi connectivity index (χ1n) is 2.68. The Labute approximate surface area is 54.3 Å². The van der Waals surface area contributed by atoms with Crippen molar-refractivity contribution in [3.05, 3.63) is 0 Å². The molecule has 0 aliphatic carbocycles. The van der Waals surface area contributed by atoms with Crippen molar-refractivity contribution < 1.29 is 9.90 Å². The molecule has 4 nitrogen and oxygen atoms in total. The topological polar surface area (TPSA) is 66.6 Å². The minimum absolute atomic E-state index is 0.00694. The molecule has 0 saturated heterocycles. The molecule has 0 rings (SSSR count). The van der Waals surface area contributed by atoms with Crippen LogP contribution in [0.3, 0.4) is 0 Å². The summed E-state index contributed by atoms with van der Waals surface area (Å²) in [7, 11) is 3.49. The van der Waals surface area contributed by atoms with Crippen molar-refractivity contribution in [2.75, 3.05) is 14.1 Å². The molecule has 54 valence electrons. The van der Waals surface area contributed by atoms with Crippen molar-refractivity contribution in [1.82, 2.24) is 4.90 Å². The molecule has 1 atom stereocenters. The molecule has 0 radical (unpaired) electrons. The summed E-state index contributed by atoms with van der Waals surface area (Å²) in [6.45, 7) is 0. The Morgan fingerprint density at radius 1 is 1.78 bits per heavy atom. The van der Waals surface area contributed by atoms with Gasteiger partial charge in [0.15, 0.2) is 0 Å². The molecule has 0 amide bonds. The largest absolute Gasteiger partial charge is 0.481 e. The molecule has 1 unspecified atom stereocenters. The summed E-state index contributed by atoms with van der Waals surface area (Å²) in [5, 5.41) is 8.23. The van der Waals surface area contributed by atoms with E-state index in [1.165, 1.54) is 0 Å². The lowest BCUT2D eigenvalue weighted by molar-refractivity contribution is -0.138. The molecule has 0 aromatic carbocycles. The van der Waals surface area contributed by atoms with Crippen LogP contribution in [-0.4, -0.2) is 36.2 Å². The fourth-order valence-corrected chi connectivity index (χ4v) is 0.361. The molecule has 0 spiro atoms. The lowest BCUT2D eigenvalue weighted by atomic mass is 10.3. The lowest BCUT2D eigenvalue weighted by Gasteiger charge is -2.16. The molecule has 4 heteroatoms. The average Bonchev–Trinajstić information content (AvgIpc) is 1.63. The van der Waals surface area contributed by atoms with E-state index >= 15 is 0 Å². The number of nitrogens with two attached hydrogens (primary N) is 1. The van der Waals surface area contributed by atoms with Crippen LogP contribution in [0.25, 0.3) is 0 Å². The second-order valence-electron chi connectivity index (χ2n) is 2.13. The van der Waals surface area contributed by atoms with Gasteiger partial charge in [0.25, 0.3) is 0 Å². The van der Waals surface area contributed by atoms with Gasteiger partial charge >= 0.3 is 5.97 Å². The Hall–Kier alpha value is -0.610. The third-order valence-electron chi connectivity index (χ3n) is 1.05. The van der Waals surface area contributed by atoms with Gasteiger partial charge in [-0.05, 0) is 14.1 Å². The van der Waals surface area contributed by atoms with Gasteiger partial charge in [-0.3, -0.25) is 9.69 Å². The smallest absolute Gasteiger partial charge is 0.306 e. The summed E-state index contributed by atoms with van der Waals surface area (Å²) in [5.74, 6) is -0.865. The van der Waals surface area contributed by atoms with Crippen LogP contribution in [0.5, 0.6) is 0 Å². The molecule has 0 aromatic heterocycles. The predicted molar refractivity (Wildman–Crippen MR) is 33.9 cm³/mol. The van der Waals surface area contributed by atoms with Gasteiger partial charge in [0, 0.05) is 0 Å². The van der Waals surface area contributed by atoms with Gasteiger partial charge in [0.2, 0.25) is 0 Å². The number of carbonyl (C=O) groups is 1. The van der Waals surface area contributed by atoms with Crippen molar-refractivity contribution in [2.45, 2.75) is 12.6 Å². The number of carboxylic acids is 1. The van der Waals surface area contributed by atoms with Crippen LogP contribution in [0.4, 0.5) is 0 Å². The maximum atomic E-state index is 10.0. The molecule has 0 fully saturated rings. The maximum Gasteiger partial charge on any atom is 0.306 e. The number of rotatable bonds is 3. The van der Waals surface area contributed by atoms with Crippen LogP contribution in [0.1, 0.15) is 6.42 Å². The highest BCUT2D eigenvalue weighted by Gasteiger charge is 2.08. The van der Waals surface area contributed by atoms with Gasteiger partial charge in [0.05, 0.1) is 12.6 Å². The van der Waals surface area contributed by atoms with Crippen LogP contribution in [0.15, 0.2) is 0 Å². The second-order valence-corrected chi connectivity index (χ2v) is 2.13. The summed E-state index contributed by atoms with van der Waals surface area (Å²) in [6.07, 6.45) is -0.380. The van der Waals surface area contributed by atoms with E-state index in [-0.39, 0.29) is 12.6 Å². The summed E-state index contributed by atoms with van der Waals surface area (Å²) in [5.41, 5.74) is 5.36. The molecule has 0 saturated carbocycles. The lowest BCUT2D eigenvalue weighted by Crippen LogP contribution is -2.38. The Morgan fingerprint density at radius 3 is 2.33 bits per heavy atom. The van der Waals surface area contributed by atoms with Crippen molar-refractivity contribution in [2.24, 2.45) is 5.73 Å². The SMILES string of the molecule is CN(C)C(N)CC(=O)O.